The number of hydrogen-bond donors (Lipinski definition) is 2. The highest BCUT2D eigenvalue weighted by Gasteiger charge is 2.08. The molecule has 2 amide bonds. The Morgan fingerprint density at radius 2 is 1.41 bits per heavy atom. The van der Waals surface area contributed by atoms with Gasteiger partial charge >= 0.3 is 5.97 Å². The van der Waals surface area contributed by atoms with E-state index in [-0.39, 0.29) is 30.6 Å². The van der Waals surface area contributed by atoms with Crippen LogP contribution in [-0.2, 0) is 14.3 Å². The van der Waals surface area contributed by atoms with E-state index in [1.165, 1.54) is 7.11 Å². The smallest absolute Gasteiger partial charge is 0.305 e. The van der Waals surface area contributed by atoms with Gasteiger partial charge in [0.2, 0.25) is 5.91 Å². The maximum Gasteiger partial charge on any atom is 0.305 e. The molecule has 2 aromatic carbocycles. The van der Waals surface area contributed by atoms with Crippen LogP contribution in [0.5, 0.6) is 5.75 Å². The van der Waals surface area contributed by atoms with Crippen LogP contribution >= 0.6 is 0 Å². The molecule has 0 heterocycles. The number of carbonyl (C=O) groups is 3. The molecule has 0 aliphatic carbocycles. The maximum absolute atomic E-state index is 12.3. The molecule has 7 heteroatoms. The van der Waals surface area contributed by atoms with Crippen LogP contribution in [0.1, 0.15) is 29.6 Å². The lowest BCUT2D eigenvalue weighted by atomic mass is 10.1. The maximum atomic E-state index is 12.3. The van der Waals surface area contributed by atoms with E-state index in [2.05, 4.69) is 15.4 Å². The third-order valence-corrected chi connectivity index (χ3v) is 3.79. The average molecular weight is 370 g/mol. The van der Waals surface area contributed by atoms with Crippen molar-refractivity contribution in [1.82, 2.24) is 0 Å². The molecule has 0 aromatic heterocycles. The van der Waals surface area contributed by atoms with Crippen molar-refractivity contribution in [2.45, 2.75) is 19.3 Å². The van der Waals surface area contributed by atoms with E-state index < -0.39 is 0 Å². The lowest BCUT2D eigenvalue weighted by Crippen LogP contribution is -2.14. The zero-order valence-electron chi connectivity index (χ0n) is 15.3. The van der Waals surface area contributed by atoms with Gasteiger partial charge in [0.1, 0.15) is 5.75 Å². The zero-order chi connectivity index (χ0) is 19.6. The summed E-state index contributed by atoms with van der Waals surface area (Å²) in [6.45, 7) is 0. The number of benzene rings is 2. The highest BCUT2D eigenvalue weighted by Crippen LogP contribution is 2.17. The molecule has 0 aliphatic rings. The van der Waals surface area contributed by atoms with Crippen LogP contribution in [0.15, 0.2) is 48.5 Å². The summed E-state index contributed by atoms with van der Waals surface area (Å²) in [5, 5.41) is 5.51. The van der Waals surface area contributed by atoms with Crippen molar-refractivity contribution in [3.8, 4) is 5.75 Å². The molecule has 7 nitrogen and oxygen atoms in total. The van der Waals surface area contributed by atoms with Crippen LogP contribution in [0.3, 0.4) is 0 Å². The minimum atomic E-state index is -0.338. The van der Waals surface area contributed by atoms with Gasteiger partial charge < -0.3 is 20.1 Å². The first-order valence-electron chi connectivity index (χ1n) is 8.44. The van der Waals surface area contributed by atoms with Gasteiger partial charge in [-0.25, -0.2) is 0 Å². The number of nitrogens with one attached hydrogen (secondary N) is 2. The summed E-state index contributed by atoms with van der Waals surface area (Å²) in [6, 6.07) is 13.6. The minimum absolute atomic E-state index is 0.200. The lowest BCUT2D eigenvalue weighted by molar-refractivity contribution is -0.140. The van der Waals surface area contributed by atoms with Crippen molar-refractivity contribution in [1.29, 1.82) is 0 Å². The summed E-state index contributed by atoms with van der Waals surface area (Å²) in [4.78, 5) is 35.1. The van der Waals surface area contributed by atoms with Crippen LogP contribution in [0.25, 0.3) is 0 Å². The molecule has 0 unspecified atom stereocenters. The summed E-state index contributed by atoms with van der Waals surface area (Å²) >= 11 is 0. The predicted molar refractivity (Wildman–Crippen MR) is 102 cm³/mol. The Bertz CT molecular complexity index is 785. The Kier molecular flexibility index (Phi) is 7.37. The zero-order valence-corrected chi connectivity index (χ0v) is 15.3. The molecule has 2 N–H and O–H groups in total. The molecule has 0 bridgehead atoms. The first kappa shape index (κ1) is 20.0. The van der Waals surface area contributed by atoms with Crippen LogP contribution < -0.4 is 15.4 Å². The molecule has 142 valence electrons. The molecule has 0 saturated carbocycles. The van der Waals surface area contributed by atoms with Crippen molar-refractivity contribution in [3.63, 3.8) is 0 Å². The molecule has 0 radical (unpaired) electrons. The minimum Gasteiger partial charge on any atom is -0.497 e. The Hall–Kier alpha value is -3.35. The molecule has 2 aromatic rings. The fraction of sp³-hybridized carbons (Fsp3) is 0.250. The van der Waals surface area contributed by atoms with E-state index >= 15 is 0 Å². The summed E-state index contributed by atoms with van der Waals surface area (Å²) in [5.41, 5.74) is 1.71. The second-order valence-corrected chi connectivity index (χ2v) is 5.74. The molecule has 0 aliphatic heterocycles. The van der Waals surface area contributed by atoms with Gasteiger partial charge in [0.15, 0.2) is 0 Å². The first-order valence-corrected chi connectivity index (χ1v) is 8.44. The van der Waals surface area contributed by atoms with E-state index in [1.54, 1.807) is 55.6 Å². The molecule has 0 saturated heterocycles. The van der Waals surface area contributed by atoms with E-state index in [9.17, 15) is 14.4 Å². The predicted octanol–water partition coefficient (Wildman–Crippen LogP) is 3.23. The van der Waals surface area contributed by atoms with Gasteiger partial charge in [0.05, 0.1) is 14.2 Å². The van der Waals surface area contributed by atoms with Crippen molar-refractivity contribution in [2.24, 2.45) is 0 Å². The summed E-state index contributed by atoms with van der Waals surface area (Å²) in [6.07, 6.45) is 0.837. The number of amides is 2. The molecule has 2 rings (SSSR count). The van der Waals surface area contributed by atoms with Crippen LogP contribution in [0.4, 0.5) is 11.4 Å². The highest BCUT2D eigenvalue weighted by molar-refractivity contribution is 6.04. The first-order chi connectivity index (χ1) is 13.0. The number of esters is 1. The van der Waals surface area contributed by atoms with Crippen molar-refractivity contribution in [3.05, 3.63) is 54.1 Å². The third kappa shape index (κ3) is 6.47. The van der Waals surface area contributed by atoms with Crippen molar-refractivity contribution in [2.75, 3.05) is 24.9 Å². The van der Waals surface area contributed by atoms with Crippen LogP contribution in [-0.4, -0.2) is 32.0 Å². The summed E-state index contributed by atoms with van der Waals surface area (Å²) in [7, 11) is 2.89. The van der Waals surface area contributed by atoms with Gasteiger partial charge in [-0.05, 0) is 55.0 Å². The second kappa shape index (κ2) is 9.96. The molecular formula is C20H22N2O5. The van der Waals surface area contributed by atoms with Gasteiger partial charge in [0, 0.05) is 29.8 Å². The molecule has 0 fully saturated rings. The Labute approximate surface area is 157 Å². The summed E-state index contributed by atoms with van der Waals surface area (Å²) in [5.74, 6) is -0.0832. The Balaban J connectivity index is 1.85. The monoisotopic (exact) mass is 370 g/mol. The number of anilines is 2. The van der Waals surface area contributed by atoms with Gasteiger partial charge in [-0.2, -0.15) is 0 Å². The number of hydrogen-bond acceptors (Lipinski definition) is 5. The second-order valence-electron chi connectivity index (χ2n) is 5.74. The number of rotatable bonds is 8. The van der Waals surface area contributed by atoms with E-state index in [1.807, 2.05) is 0 Å². The van der Waals surface area contributed by atoms with E-state index in [0.29, 0.717) is 29.1 Å². The average Bonchev–Trinajstić information content (AvgIpc) is 2.68. The Morgan fingerprint density at radius 1 is 0.815 bits per heavy atom. The lowest BCUT2D eigenvalue weighted by Gasteiger charge is -2.08. The van der Waals surface area contributed by atoms with Crippen molar-refractivity contribution < 1.29 is 23.9 Å². The number of ether oxygens (including phenoxy) is 2. The van der Waals surface area contributed by atoms with E-state index in [4.69, 9.17) is 4.74 Å². The largest absolute Gasteiger partial charge is 0.497 e. The van der Waals surface area contributed by atoms with Gasteiger partial charge in [-0.15, -0.1) is 0 Å². The van der Waals surface area contributed by atoms with Crippen molar-refractivity contribution >= 4 is 29.2 Å². The Morgan fingerprint density at radius 3 is 2.00 bits per heavy atom. The van der Waals surface area contributed by atoms with E-state index in [0.717, 1.165) is 0 Å². The normalized spacial score (nSPS) is 10.0. The third-order valence-electron chi connectivity index (χ3n) is 3.79. The quantitative estimate of drug-likeness (QED) is 0.696. The molecular weight excluding hydrogens is 348 g/mol. The fourth-order valence-electron chi connectivity index (χ4n) is 2.30. The van der Waals surface area contributed by atoms with Crippen LogP contribution in [0.2, 0.25) is 0 Å². The molecule has 0 atom stereocenters. The standard InChI is InChI=1S/C20H22N2O5/c1-26-17-12-10-16(11-13-17)22-20(25)14-6-8-15(9-7-14)21-18(23)4-3-5-19(24)27-2/h6-13H,3-5H2,1-2H3,(H,21,23)(H,22,25). The topological polar surface area (TPSA) is 93.7 Å². The van der Waals surface area contributed by atoms with Gasteiger partial charge in [-0.3, -0.25) is 14.4 Å². The fourth-order valence-corrected chi connectivity index (χ4v) is 2.30. The highest BCUT2D eigenvalue weighted by atomic mass is 16.5. The summed E-state index contributed by atoms with van der Waals surface area (Å²) < 4.78 is 9.60. The van der Waals surface area contributed by atoms with Gasteiger partial charge in [-0.1, -0.05) is 0 Å². The van der Waals surface area contributed by atoms with Crippen LogP contribution in [0, 0.1) is 0 Å². The number of carbonyl (C=O) groups excluding carboxylic acids is 3. The van der Waals surface area contributed by atoms with Gasteiger partial charge in [0.25, 0.3) is 5.91 Å². The molecule has 0 spiro atoms. The number of methoxy groups -OCH3 is 2. The SMILES string of the molecule is COC(=O)CCCC(=O)Nc1ccc(C(=O)Nc2ccc(OC)cc2)cc1. The molecule has 27 heavy (non-hydrogen) atoms.